The summed E-state index contributed by atoms with van der Waals surface area (Å²) in [6.07, 6.45) is 0. The fraction of sp³-hybridized carbons (Fsp3) is 0.0286. The monoisotopic (exact) mass is 492 g/mol. The summed E-state index contributed by atoms with van der Waals surface area (Å²) in [6.45, 7) is 0. The van der Waals surface area contributed by atoms with Crippen LogP contribution in [0.15, 0.2) is 127 Å². The lowest BCUT2D eigenvalue weighted by Crippen LogP contribution is -2.32. The molecule has 0 aromatic heterocycles. The zero-order valence-corrected chi connectivity index (χ0v) is 20.7. The molecule has 1 spiro atoms. The van der Waals surface area contributed by atoms with Crippen molar-refractivity contribution in [3.8, 4) is 33.8 Å². The van der Waals surface area contributed by atoms with E-state index in [4.69, 9.17) is 16.3 Å². The van der Waals surface area contributed by atoms with Gasteiger partial charge in [-0.15, -0.1) is 0 Å². The van der Waals surface area contributed by atoms with Gasteiger partial charge in [0.1, 0.15) is 11.5 Å². The van der Waals surface area contributed by atoms with E-state index >= 15 is 0 Å². The molecule has 1 aliphatic carbocycles. The molecule has 6 aromatic rings. The SMILES string of the molecule is Clc1ccc(-c2cccc3ccccc23)c2c1C1(c3ccccc3O2)c2ccccc2-c2ccccc21. The normalized spacial score (nSPS) is 14.0. The molecule has 0 radical (unpaired) electrons. The Kier molecular flexibility index (Phi) is 4.27. The van der Waals surface area contributed by atoms with Gasteiger partial charge in [-0.05, 0) is 56.8 Å². The first-order valence-corrected chi connectivity index (χ1v) is 12.9. The fourth-order valence-electron chi connectivity index (χ4n) is 6.59. The van der Waals surface area contributed by atoms with Crippen LogP contribution in [0.5, 0.6) is 11.5 Å². The molecule has 0 bridgehead atoms. The first-order chi connectivity index (χ1) is 18.3. The minimum Gasteiger partial charge on any atom is -0.456 e. The quantitative estimate of drug-likeness (QED) is 0.221. The first kappa shape index (κ1) is 20.8. The average Bonchev–Trinajstić information content (AvgIpc) is 3.24. The van der Waals surface area contributed by atoms with Gasteiger partial charge in [0.05, 0.1) is 5.41 Å². The number of halogens is 1. The molecule has 0 N–H and O–H groups in total. The van der Waals surface area contributed by atoms with Crippen LogP contribution in [-0.4, -0.2) is 0 Å². The van der Waals surface area contributed by atoms with Gasteiger partial charge in [0.15, 0.2) is 0 Å². The predicted molar refractivity (Wildman–Crippen MR) is 152 cm³/mol. The Labute approximate surface area is 220 Å². The fourth-order valence-corrected chi connectivity index (χ4v) is 6.88. The molecule has 0 amide bonds. The lowest BCUT2D eigenvalue weighted by molar-refractivity contribution is 0.438. The van der Waals surface area contributed by atoms with Gasteiger partial charge in [0, 0.05) is 21.7 Å². The third-order valence-corrected chi connectivity index (χ3v) is 8.33. The second-order valence-corrected chi connectivity index (χ2v) is 10.2. The van der Waals surface area contributed by atoms with E-state index in [-0.39, 0.29) is 0 Å². The predicted octanol–water partition coefficient (Wildman–Crippen LogP) is 9.63. The third kappa shape index (κ3) is 2.64. The summed E-state index contributed by atoms with van der Waals surface area (Å²) >= 11 is 7.21. The van der Waals surface area contributed by atoms with E-state index in [0.717, 1.165) is 33.8 Å². The van der Waals surface area contributed by atoms with E-state index < -0.39 is 5.41 Å². The number of para-hydroxylation sites is 1. The van der Waals surface area contributed by atoms with Gasteiger partial charge in [0.25, 0.3) is 0 Å². The van der Waals surface area contributed by atoms with Crippen molar-refractivity contribution in [1.82, 2.24) is 0 Å². The molecule has 0 unspecified atom stereocenters. The molecule has 2 aliphatic rings. The lowest BCUT2D eigenvalue weighted by Gasteiger charge is -2.40. The number of benzene rings is 6. The zero-order valence-electron chi connectivity index (χ0n) is 19.9. The average molecular weight is 493 g/mol. The second-order valence-electron chi connectivity index (χ2n) is 9.77. The standard InChI is InChI=1S/C35H21ClO/c36-31-21-20-27(24-15-9-11-22-10-1-2-12-23(22)24)34-33(31)35(30-18-7-8-19-32(30)37-34)28-16-5-3-13-25(28)26-14-4-6-17-29(26)35/h1-21H. The van der Waals surface area contributed by atoms with Crippen LogP contribution in [0.1, 0.15) is 22.3 Å². The minimum absolute atomic E-state index is 0.574. The van der Waals surface area contributed by atoms with Gasteiger partial charge < -0.3 is 4.74 Å². The van der Waals surface area contributed by atoms with Gasteiger partial charge in [-0.1, -0.05) is 121 Å². The van der Waals surface area contributed by atoms with E-state index in [1.54, 1.807) is 0 Å². The molecule has 0 fully saturated rings. The molecule has 1 aliphatic heterocycles. The van der Waals surface area contributed by atoms with E-state index in [0.29, 0.717) is 5.02 Å². The number of rotatable bonds is 1. The van der Waals surface area contributed by atoms with Crippen molar-refractivity contribution in [2.24, 2.45) is 0 Å². The smallest absolute Gasteiger partial charge is 0.141 e. The molecule has 174 valence electrons. The second kappa shape index (κ2) is 7.59. The molecule has 0 saturated carbocycles. The summed E-state index contributed by atoms with van der Waals surface area (Å²) in [5, 5.41) is 3.10. The van der Waals surface area contributed by atoms with Crippen LogP contribution in [0.4, 0.5) is 0 Å². The summed E-state index contributed by atoms with van der Waals surface area (Å²) < 4.78 is 6.83. The van der Waals surface area contributed by atoms with Gasteiger partial charge in [-0.2, -0.15) is 0 Å². The highest BCUT2D eigenvalue weighted by Crippen LogP contribution is 2.64. The van der Waals surface area contributed by atoms with Crippen LogP contribution in [0.2, 0.25) is 5.02 Å². The van der Waals surface area contributed by atoms with Crippen LogP contribution in [0, 0.1) is 0 Å². The third-order valence-electron chi connectivity index (χ3n) is 8.02. The number of ether oxygens (including phenoxy) is 1. The lowest BCUT2D eigenvalue weighted by atomic mass is 9.65. The van der Waals surface area contributed by atoms with Gasteiger partial charge in [-0.3, -0.25) is 0 Å². The van der Waals surface area contributed by atoms with Crippen LogP contribution in [0.3, 0.4) is 0 Å². The van der Waals surface area contributed by atoms with Crippen molar-refractivity contribution in [1.29, 1.82) is 0 Å². The summed E-state index contributed by atoms with van der Waals surface area (Å²) in [7, 11) is 0. The van der Waals surface area contributed by atoms with Crippen LogP contribution >= 0.6 is 11.6 Å². The highest BCUT2D eigenvalue weighted by molar-refractivity contribution is 6.32. The molecule has 8 rings (SSSR count). The Morgan fingerprint density at radius 1 is 0.486 bits per heavy atom. The molecule has 6 aromatic carbocycles. The van der Waals surface area contributed by atoms with Crippen molar-refractivity contribution >= 4 is 22.4 Å². The molecular weight excluding hydrogens is 472 g/mol. The van der Waals surface area contributed by atoms with Crippen LogP contribution in [0.25, 0.3) is 33.0 Å². The van der Waals surface area contributed by atoms with Gasteiger partial charge >= 0.3 is 0 Å². The van der Waals surface area contributed by atoms with E-state index in [9.17, 15) is 0 Å². The highest BCUT2D eigenvalue weighted by atomic mass is 35.5. The maximum absolute atomic E-state index is 7.21. The first-order valence-electron chi connectivity index (χ1n) is 12.6. The molecule has 37 heavy (non-hydrogen) atoms. The Morgan fingerprint density at radius 2 is 1.08 bits per heavy atom. The molecule has 0 atom stereocenters. The Balaban J connectivity index is 1.56. The Hall–Kier alpha value is -4.33. The highest BCUT2D eigenvalue weighted by Gasteiger charge is 2.52. The molecule has 2 heteroatoms. The number of hydrogen-bond acceptors (Lipinski definition) is 1. The summed E-state index contributed by atoms with van der Waals surface area (Å²) in [4.78, 5) is 0. The van der Waals surface area contributed by atoms with Crippen molar-refractivity contribution < 1.29 is 4.74 Å². The molecule has 1 heterocycles. The maximum Gasteiger partial charge on any atom is 0.141 e. The summed E-state index contributed by atoms with van der Waals surface area (Å²) in [6, 6.07) is 45.0. The van der Waals surface area contributed by atoms with Gasteiger partial charge in [-0.25, -0.2) is 0 Å². The van der Waals surface area contributed by atoms with Gasteiger partial charge in [0.2, 0.25) is 0 Å². The van der Waals surface area contributed by atoms with E-state index in [2.05, 4.69) is 115 Å². The van der Waals surface area contributed by atoms with E-state index in [1.165, 1.54) is 33.0 Å². The number of hydrogen-bond donors (Lipinski definition) is 0. The topological polar surface area (TPSA) is 9.23 Å². The number of fused-ring (bicyclic) bond motifs is 10. The summed E-state index contributed by atoms with van der Waals surface area (Å²) in [5.74, 6) is 1.69. The Morgan fingerprint density at radius 3 is 1.86 bits per heavy atom. The maximum atomic E-state index is 7.21. The largest absolute Gasteiger partial charge is 0.456 e. The van der Waals surface area contributed by atoms with Crippen LogP contribution in [-0.2, 0) is 5.41 Å². The zero-order chi connectivity index (χ0) is 24.6. The van der Waals surface area contributed by atoms with Crippen molar-refractivity contribution in [2.45, 2.75) is 5.41 Å². The van der Waals surface area contributed by atoms with Crippen molar-refractivity contribution in [3.05, 3.63) is 155 Å². The summed E-state index contributed by atoms with van der Waals surface area (Å²) in [5.41, 5.74) is 8.71. The molecule has 1 nitrogen and oxygen atoms in total. The minimum atomic E-state index is -0.574. The Bertz CT molecular complexity index is 1830. The molecule has 0 saturated heterocycles. The molecular formula is C35H21ClO. The van der Waals surface area contributed by atoms with Crippen LogP contribution < -0.4 is 4.74 Å². The van der Waals surface area contributed by atoms with E-state index in [1.807, 2.05) is 12.1 Å². The van der Waals surface area contributed by atoms with Crippen molar-refractivity contribution in [2.75, 3.05) is 0 Å². The van der Waals surface area contributed by atoms with Crippen molar-refractivity contribution in [3.63, 3.8) is 0 Å².